The highest BCUT2D eigenvalue weighted by molar-refractivity contribution is 5.87. The molecule has 0 radical (unpaired) electrons. The van der Waals surface area contributed by atoms with Crippen molar-refractivity contribution in [2.24, 2.45) is 0 Å². The van der Waals surface area contributed by atoms with Gasteiger partial charge in [0.25, 0.3) is 0 Å². The van der Waals surface area contributed by atoms with Crippen LogP contribution in [0.25, 0.3) is 0 Å². The SMILES string of the molecule is C=C(CCCC)C(=O)OCCCO. The van der Waals surface area contributed by atoms with Crippen molar-refractivity contribution in [3.63, 3.8) is 0 Å². The van der Waals surface area contributed by atoms with Crippen molar-refractivity contribution < 1.29 is 14.6 Å². The van der Waals surface area contributed by atoms with Gasteiger partial charge >= 0.3 is 5.97 Å². The second-order valence-electron chi connectivity index (χ2n) is 2.92. The second-order valence-corrected chi connectivity index (χ2v) is 2.92. The van der Waals surface area contributed by atoms with E-state index in [1.807, 2.05) is 0 Å². The van der Waals surface area contributed by atoms with Crippen LogP contribution < -0.4 is 0 Å². The first-order chi connectivity index (χ1) is 6.22. The highest BCUT2D eigenvalue weighted by atomic mass is 16.5. The van der Waals surface area contributed by atoms with E-state index in [9.17, 15) is 4.79 Å². The zero-order chi connectivity index (χ0) is 10.1. The van der Waals surface area contributed by atoms with Crippen LogP contribution in [0.15, 0.2) is 12.2 Å². The summed E-state index contributed by atoms with van der Waals surface area (Å²) in [4.78, 5) is 11.1. The quantitative estimate of drug-likeness (QED) is 0.373. The van der Waals surface area contributed by atoms with Gasteiger partial charge in [-0.25, -0.2) is 4.79 Å². The third-order valence-corrected chi connectivity index (χ3v) is 1.66. The zero-order valence-electron chi connectivity index (χ0n) is 8.21. The largest absolute Gasteiger partial charge is 0.462 e. The molecule has 0 aromatic carbocycles. The Morgan fingerprint density at radius 3 is 2.69 bits per heavy atom. The summed E-state index contributed by atoms with van der Waals surface area (Å²) in [6.07, 6.45) is 3.21. The molecular weight excluding hydrogens is 168 g/mol. The molecule has 0 amide bonds. The minimum Gasteiger partial charge on any atom is -0.462 e. The molecule has 76 valence electrons. The molecule has 3 nitrogen and oxygen atoms in total. The van der Waals surface area contributed by atoms with Crippen molar-refractivity contribution in [3.8, 4) is 0 Å². The van der Waals surface area contributed by atoms with E-state index < -0.39 is 0 Å². The Balaban J connectivity index is 3.51. The molecule has 0 atom stereocenters. The highest BCUT2D eigenvalue weighted by Crippen LogP contribution is 2.06. The lowest BCUT2D eigenvalue weighted by atomic mass is 10.1. The summed E-state index contributed by atoms with van der Waals surface area (Å²) in [6, 6.07) is 0. The van der Waals surface area contributed by atoms with Gasteiger partial charge in [-0.2, -0.15) is 0 Å². The summed E-state index contributed by atoms with van der Waals surface area (Å²) in [5.74, 6) is -0.332. The van der Waals surface area contributed by atoms with Crippen LogP contribution in [0, 0.1) is 0 Å². The van der Waals surface area contributed by atoms with Gasteiger partial charge in [-0.1, -0.05) is 19.9 Å². The van der Waals surface area contributed by atoms with Crippen LogP contribution in [0.3, 0.4) is 0 Å². The Morgan fingerprint density at radius 1 is 1.46 bits per heavy atom. The molecular formula is C10H18O3. The van der Waals surface area contributed by atoms with Gasteiger partial charge in [0, 0.05) is 18.6 Å². The van der Waals surface area contributed by atoms with Crippen molar-refractivity contribution in [1.82, 2.24) is 0 Å². The third-order valence-electron chi connectivity index (χ3n) is 1.66. The number of unbranched alkanes of at least 4 members (excludes halogenated alkanes) is 1. The average Bonchev–Trinajstić information content (AvgIpc) is 2.14. The molecule has 0 bridgehead atoms. The van der Waals surface area contributed by atoms with Gasteiger partial charge < -0.3 is 9.84 Å². The number of aliphatic hydroxyl groups excluding tert-OH is 1. The monoisotopic (exact) mass is 186 g/mol. The first-order valence-electron chi connectivity index (χ1n) is 4.68. The number of carbonyl (C=O) groups is 1. The van der Waals surface area contributed by atoms with Crippen molar-refractivity contribution in [3.05, 3.63) is 12.2 Å². The van der Waals surface area contributed by atoms with E-state index in [4.69, 9.17) is 9.84 Å². The molecule has 0 saturated heterocycles. The molecule has 0 rings (SSSR count). The summed E-state index contributed by atoms with van der Waals surface area (Å²) >= 11 is 0. The van der Waals surface area contributed by atoms with Gasteiger partial charge in [0.1, 0.15) is 0 Å². The van der Waals surface area contributed by atoms with Crippen LogP contribution in [0.2, 0.25) is 0 Å². The highest BCUT2D eigenvalue weighted by Gasteiger charge is 2.06. The van der Waals surface area contributed by atoms with Gasteiger partial charge in [0.15, 0.2) is 0 Å². The molecule has 0 unspecified atom stereocenters. The van der Waals surface area contributed by atoms with Gasteiger partial charge in [-0.3, -0.25) is 0 Å². The first-order valence-corrected chi connectivity index (χ1v) is 4.68. The Morgan fingerprint density at radius 2 is 2.15 bits per heavy atom. The van der Waals surface area contributed by atoms with Gasteiger partial charge in [-0.05, 0) is 12.8 Å². The Labute approximate surface area is 79.4 Å². The smallest absolute Gasteiger partial charge is 0.333 e. The molecule has 0 aliphatic carbocycles. The molecule has 0 aliphatic heterocycles. The first kappa shape index (κ1) is 12.2. The number of carbonyl (C=O) groups excluding carboxylic acids is 1. The molecule has 3 heteroatoms. The summed E-state index contributed by atoms with van der Waals surface area (Å²) in [7, 11) is 0. The Kier molecular flexibility index (Phi) is 7.30. The molecule has 0 aromatic heterocycles. The summed E-state index contributed by atoms with van der Waals surface area (Å²) in [6.45, 7) is 6.02. The molecule has 0 heterocycles. The van der Waals surface area contributed by atoms with E-state index in [1.165, 1.54) is 0 Å². The molecule has 1 N–H and O–H groups in total. The topological polar surface area (TPSA) is 46.5 Å². The van der Waals surface area contributed by atoms with Gasteiger partial charge in [0.05, 0.1) is 6.61 Å². The van der Waals surface area contributed by atoms with E-state index in [-0.39, 0.29) is 19.2 Å². The second kappa shape index (κ2) is 7.80. The third kappa shape index (κ3) is 6.34. The molecule has 0 aliphatic rings. The van der Waals surface area contributed by atoms with Crippen LogP contribution in [0.1, 0.15) is 32.6 Å². The fourth-order valence-corrected chi connectivity index (χ4v) is 0.824. The van der Waals surface area contributed by atoms with Crippen LogP contribution in [-0.2, 0) is 9.53 Å². The lowest BCUT2D eigenvalue weighted by Gasteiger charge is -2.05. The number of ether oxygens (including phenoxy) is 1. The van der Waals surface area contributed by atoms with Crippen molar-refractivity contribution in [1.29, 1.82) is 0 Å². The van der Waals surface area contributed by atoms with Crippen LogP contribution in [-0.4, -0.2) is 24.3 Å². The summed E-state index contributed by atoms with van der Waals surface area (Å²) < 4.78 is 4.84. The molecule has 0 fully saturated rings. The standard InChI is InChI=1S/C10H18O3/c1-3-4-6-9(2)10(12)13-8-5-7-11/h11H,2-8H2,1H3. The molecule has 0 spiro atoms. The zero-order valence-corrected chi connectivity index (χ0v) is 8.21. The predicted molar refractivity (Wildman–Crippen MR) is 51.3 cm³/mol. The molecule has 0 aromatic rings. The maximum absolute atomic E-state index is 11.1. The van der Waals surface area contributed by atoms with E-state index in [0.717, 1.165) is 12.8 Å². The number of esters is 1. The van der Waals surface area contributed by atoms with Crippen LogP contribution in [0.5, 0.6) is 0 Å². The maximum atomic E-state index is 11.1. The number of hydrogen-bond donors (Lipinski definition) is 1. The predicted octanol–water partition coefficient (Wildman–Crippen LogP) is 1.66. The minimum atomic E-state index is -0.332. The normalized spacial score (nSPS) is 9.69. The minimum absolute atomic E-state index is 0.0503. The maximum Gasteiger partial charge on any atom is 0.333 e. The van der Waals surface area contributed by atoms with Crippen LogP contribution >= 0.6 is 0 Å². The number of hydrogen-bond acceptors (Lipinski definition) is 3. The molecule has 0 saturated carbocycles. The average molecular weight is 186 g/mol. The van der Waals surface area contributed by atoms with Crippen molar-refractivity contribution in [2.75, 3.05) is 13.2 Å². The summed E-state index contributed by atoms with van der Waals surface area (Å²) in [5.41, 5.74) is 0.528. The van der Waals surface area contributed by atoms with E-state index in [1.54, 1.807) is 0 Å². The van der Waals surface area contributed by atoms with Crippen molar-refractivity contribution in [2.45, 2.75) is 32.6 Å². The fraction of sp³-hybridized carbons (Fsp3) is 0.700. The lowest BCUT2D eigenvalue weighted by Crippen LogP contribution is -2.09. The van der Waals surface area contributed by atoms with E-state index in [0.29, 0.717) is 18.4 Å². The number of aliphatic hydroxyl groups is 1. The lowest BCUT2D eigenvalue weighted by molar-refractivity contribution is -0.139. The van der Waals surface area contributed by atoms with Crippen LogP contribution in [0.4, 0.5) is 0 Å². The van der Waals surface area contributed by atoms with E-state index in [2.05, 4.69) is 13.5 Å². The van der Waals surface area contributed by atoms with E-state index >= 15 is 0 Å². The Hall–Kier alpha value is -0.830. The Bertz CT molecular complexity index is 164. The number of rotatable bonds is 7. The van der Waals surface area contributed by atoms with Gasteiger partial charge in [-0.15, -0.1) is 0 Å². The fourth-order valence-electron chi connectivity index (χ4n) is 0.824. The van der Waals surface area contributed by atoms with Crippen molar-refractivity contribution >= 4 is 5.97 Å². The summed E-state index contributed by atoms with van der Waals surface area (Å²) in [5, 5.41) is 8.45. The van der Waals surface area contributed by atoms with Gasteiger partial charge in [0.2, 0.25) is 0 Å². The molecule has 13 heavy (non-hydrogen) atoms.